The van der Waals surface area contributed by atoms with Gasteiger partial charge >= 0.3 is 0 Å². The normalized spacial score (nSPS) is 21.4. The Morgan fingerprint density at radius 1 is 1.50 bits per heavy atom. The lowest BCUT2D eigenvalue weighted by Crippen LogP contribution is -2.19. The van der Waals surface area contributed by atoms with E-state index in [2.05, 4.69) is 25.8 Å². The average Bonchev–Trinajstić information content (AvgIpc) is 2.77. The SMILES string of the molecule is CCC1CCc2[nH]c(C(CN)C(C)C)nc21. The Morgan fingerprint density at radius 2 is 2.25 bits per heavy atom. The van der Waals surface area contributed by atoms with Gasteiger partial charge in [0.15, 0.2) is 0 Å². The second-order valence-electron chi connectivity index (χ2n) is 5.22. The summed E-state index contributed by atoms with van der Waals surface area (Å²) in [7, 11) is 0. The van der Waals surface area contributed by atoms with Gasteiger partial charge in [-0.1, -0.05) is 20.8 Å². The minimum Gasteiger partial charge on any atom is -0.345 e. The predicted molar refractivity (Wildman–Crippen MR) is 66.6 cm³/mol. The first kappa shape index (κ1) is 11.6. The summed E-state index contributed by atoms with van der Waals surface area (Å²) in [4.78, 5) is 8.30. The van der Waals surface area contributed by atoms with E-state index < -0.39 is 0 Å². The molecule has 2 unspecified atom stereocenters. The zero-order valence-electron chi connectivity index (χ0n) is 10.6. The van der Waals surface area contributed by atoms with E-state index in [1.807, 2.05) is 0 Å². The number of nitrogens with zero attached hydrogens (tertiary/aromatic N) is 1. The highest BCUT2D eigenvalue weighted by molar-refractivity contribution is 5.26. The minimum absolute atomic E-state index is 0.378. The van der Waals surface area contributed by atoms with E-state index in [1.165, 1.54) is 24.2 Å². The van der Waals surface area contributed by atoms with E-state index >= 15 is 0 Å². The molecule has 0 saturated heterocycles. The molecule has 3 heteroatoms. The summed E-state index contributed by atoms with van der Waals surface area (Å²) in [6.07, 6.45) is 3.63. The summed E-state index contributed by atoms with van der Waals surface area (Å²) in [5.74, 6) is 2.71. The first-order valence-corrected chi connectivity index (χ1v) is 6.46. The molecule has 2 atom stereocenters. The van der Waals surface area contributed by atoms with Crippen LogP contribution in [0.3, 0.4) is 0 Å². The summed E-state index contributed by atoms with van der Waals surface area (Å²) >= 11 is 0. The van der Waals surface area contributed by atoms with Crippen LogP contribution in [0.4, 0.5) is 0 Å². The molecule has 0 aliphatic heterocycles. The lowest BCUT2D eigenvalue weighted by molar-refractivity contribution is 0.483. The van der Waals surface area contributed by atoms with E-state index in [9.17, 15) is 0 Å². The van der Waals surface area contributed by atoms with Crippen LogP contribution in [0.25, 0.3) is 0 Å². The van der Waals surface area contributed by atoms with Gasteiger partial charge in [-0.2, -0.15) is 0 Å². The Bertz CT molecular complexity index is 354. The highest BCUT2D eigenvalue weighted by Crippen LogP contribution is 2.35. The molecule has 1 aromatic rings. The van der Waals surface area contributed by atoms with Gasteiger partial charge in [-0.3, -0.25) is 0 Å². The number of fused-ring (bicyclic) bond motifs is 1. The van der Waals surface area contributed by atoms with E-state index in [-0.39, 0.29) is 0 Å². The molecular weight excluding hydrogens is 198 g/mol. The molecule has 90 valence electrons. The molecule has 16 heavy (non-hydrogen) atoms. The number of H-pyrrole nitrogens is 1. The van der Waals surface area contributed by atoms with Crippen molar-refractivity contribution < 1.29 is 0 Å². The molecule has 1 aliphatic carbocycles. The Balaban J connectivity index is 2.25. The van der Waals surface area contributed by atoms with Gasteiger partial charge in [0.1, 0.15) is 5.82 Å². The van der Waals surface area contributed by atoms with E-state index in [0.29, 0.717) is 24.3 Å². The number of aromatic amines is 1. The number of rotatable bonds is 4. The molecule has 1 heterocycles. The van der Waals surface area contributed by atoms with Gasteiger partial charge in [0.2, 0.25) is 0 Å². The van der Waals surface area contributed by atoms with Crippen LogP contribution in [-0.2, 0) is 6.42 Å². The van der Waals surface area contributed by atoms with E-state index in [0.717, 1.165) is 12.2 Å². The molecule has 1 aromatic heterocycles. The molecule has 3 nitrogen and oxygen atoms in total. The van der Waals surface area contributed by atoms with Crippen LogP contribution in [0, 0.1) is 5.92 Å². The number of aryl methyl sites for hydroxylation is 1. The van der Waals surface area contributed by atoms with Gasteiger partial charge < -0.3 is 10.7 Å². The zero-order valence-corrected chi connectivity index (χ0v) is 10.6. The third-order valence-corrected chi connectivity index (χ3v) is 3.86. The Kier molecular flexibility index (Phi) is 3.33. The number of imidazole rings is 1. The van der Waals surface area contributed by atoms with Crippen LogP contribution < -0.4 is 5.73 Å². The number of hydrogen-bond donors (Lipinski definition) is 2. The second-order valence-corrected chi connectivity index (χ2v) is 5.22. The fraction of sp³-hybridized carbons (Fsp3) is 0.769. The molecule has 0 saturated carbocycles. The van der Waals surface area contributed by atoms with Crippen LogP contribution in [0.2, 0.25) is 0 Å². The maximum Gasteiger partial charge on any atom is 0.111 e. The lowest BCUT2D eigenvalue weighted by Gasteiger charge is -2.16. The molecule has 0 aromatic carbocycles. The molecule has 0 spiro atoms. The first-order valence-electron chi connectivity index (χ1n) is 6.46. The summed E-state index contributed by atoms with van der Waals surface area (Å²) in [5.41, 5.74) is 8.51. The summed E-state index contributed by atoms with van der Waals surface area (Å²) in [6.45, 7) is 7.35. The van der Waals surface area contributed by atoms with Crippen LogP contribution in [0.5, 0.6) is 0 Å². The first-order chi connectivity index (χ1) is 7.67. The summed E-state index contributed by atoms with van der Waals surface area (Å²) in [5, 5.41) is 0. The van der Waals surface area contributed by atoms with Crippen LogP contribution in [0.1, 0.15) is 62.7 Å². The van der Waals surface area contributed by atoms with Gasteiger partial charge in [0.05, 0.1) is 5.69 Å². The maximum absolute atomic E-state index is 5.83. The molecule has 0 bridgehead atoms. The predicted octanol–water partition coefficient (Wildman–Crippen LogP) is 2.55. The van der Waals surface area contributed by atoms with Crippen molar-refractivity contribution in [3.8, 4) is 0 Å². The fourth-order valence-corrected chi connectivity index (χ4v) is 2.70. The highest BCUT2D eigenvalue weighted by Gasteiger charge is 2.27. The minimum atomic E-state index is 0.378. The Labute approximate surface area is 97.8 Å². The van der Waals surface area contributed by atoms with Crippen LogP contribution in [-0.4, -0.2) is 16.5 Å². The quantitative estimate of drug-likeness (QED) is 0.821. The summed E-state index contributed by atoms with van der Waals surface area (Å²) in [6, 6.07) is 0. The van der Waals surface area contributed by atoms with Crippen molar-refractivity contribution in [1.82, 2.24) is 9.97 Å². The maximum atomic E-state index is 5.83. The summed E-state index contributed by atoms with van der Waals surface area (Å²) < 4.78 is 0. The standard InChI is InChI=1S/C13H23N3/c1-4-9-5-6-11-12(9)16-13(15-11)10(7-14)8(2)3/h8-10H,4-7,14H2,1-3H3,(H,15,16). The fourth-order valence-electron chi connectivity index (χ4n) is 2.70. The third kappa shape index (κ3) is 1.88. The Hall–Kier alpha value is -0.830. The molecular formula is C13H23N3. The molecule has 0 fully saturated rings. The monoisotopic (exact) mass is 221 g/mol. The average molecular weight is 221 g/mol. The molecule has 2 rings (SSSR count). The highest BCUT2D eigenvalue weighted by atomic mass is 15.0. The van der Waals surface area contributed by atoms with Crippen molar-refractivity contribution in [3.63, 3.8) is 0 Å². The lowest BCUT2D eigenvalue weighted by atomic mass is 9.95. The third-order valence-electron chi connectivity index (χ3n) is 3.86. The van der Waals surface area contributed by atoms with Gasteiger partial charge in [-0.15, -0.1) is 0 Å². The Morgan fingerprint density at radius 3 is 2.81 bits per heavy atom. The van der Waals surface area contributed by atoms with Crippen molar-refractivity contribution in [1.29, 1.82) is 0 Å². The van der Waals surface area contributed by atoms with Crippen molar-refractivity contribution in [2.75, 3.05) is 6.54 Å². The van der Waals surface area contributed by atoms with Gasteiger partial charge in [-0.05, 0) is 25.2 Å². The smallest absolute Gasteiger partial charge is 0.111 e. The van der Waals surface area contributed by atoms with Crippen molar-refractivity contribution >= 4 is 0 Å². The topological polar surface area (TPSA) is 54.7 Å². The molecule has 0 radical (unpaired) electrons. The van der Waals surface area contributed by atoms with Crippen LogP contribution >= 0.6 is 0 Å². The van der Waals surface area contributed by atoms with Gasteiger partial charge in [0, 0.05) is 24.1 Å². The molecule has 1 aliphatic rings. The molecule has 0 amide bonds. The van der Waals surface area contributed by atoms with Crippen molar-refractivity contribution in [2.24, 2.45) is 11.7 Å². The van der Waals surface area contributed by atoms with E-state index in [1.54, 1.807) is 0 Å². The van der Waals surface area contributed by atoms with E-state index in [4.69, 9.17) is 10.7 Å². The number of hydrogen-bond acceptors (Lipinski definition) is 2. The zero-order chi connectivity index (χ0) is 11.7. The van der Waals surface area contributed by atoms with Crippen LogP contribution in [0.15, 0.2) is 0 Å². The number of nitrogens with one attached hydrogen (secondary N) is 1. The second kappa shape index (κ2) is 4.58. The number of nitrogens with two attached hydrogens (primary N) is 1. The largest absolute Gasteiger partial charge is 0.345 e. The van der Waals surface area contributed by atoms with Gasteiger partial charge in [0.25, 0.3) is 0 Å². The number of aromatic nitrogens is 2. The van der Waals surface area contributed by atoms with Gasteiger partial charge in [-0.25, -0.2) is 4.98 Å². The molecule has 3 N–H and O–H groups in total. The van der Waals surface area contributed by atoms with Crippen molar-refractivity contribution in [3.05, 3.63) is 17.2 Å². The van der Waals surface area contributed by atoms with Crippen molar-refractivity contribution in [2.45, 2.75) is 51.9 Å².